The van der Waals surface area contributed by atoms with Crippen molar-refractivity contribution >= 4 is 0 Å². The van der Waals surface area contributed by atoms with Crippen molar-refractivity contribution in [2.75, 3.05) is 13.1 Å². The highest BCUT2D eigenvalue weighted by Gasteiger charge is 2.35. The largest absolute Gasteiger partial charge is 0.316 e. The topological polar surface area (TPSA) is 12.0 Å². The van der Waals surface area contributed by atoms with Crippen molar-refractivity contribution in [2.24, 2.45) is 35.0 Å². The first-order chi connectivity index (χ1) is 9.70. The zero-order valence-corrected chi connectivity index (χ0v) is 15.8. The number of nitrogens with one attached hydrogen (secondary N) is 1. The molecule has 126 valence electrons. The Hall–Kier alpha value is -0.0400. The highest BCUT2D eigenvalue weighted by Crippen LogP contribution is 2.44. The third kappa shape index (κ3) is 7.17. The van der Waals surface area contributed by atoms with Gasteiger partial charge >= 0.3 is 0 Å². The third-order valence-corrected chi connectivity index (χ3v) is 5.44. The second-order valence-electron chi connectivity index (χ2n) is 9.42. The molecule has 0 aromatic rings. The molecule has 1 saturated carbocycles. The summed E-state index contributed by atoms with van der Waals surface area (Å²) >= 11 is 0. The highest BCUT2D eigenvalue weighted by molar-refractivity contribution is 4.86. The van der Waals surface area contributed by atoms with Crippen molar-refractivity contribution in [2.45, 2.75) is 80.6 Å². The molecule has 1 aliphatic carbocycles. The Bertz CT molecular complexity index is 274. The Labute approximate surface area is 134 Å². The smallest absolute Gasteiger partial charge is 0.00178 e. The van der Waals surface area contributed by atoms with Crippen molar-refractivity contribution in [3.63, 3.8) is 0 Å². The molecule has 1 fully saturated rings. The normalized spacial score (nSPS) is 27.6. The van der Waals surface area contributed by atoms with E-state index in [0.29, 0.717) is 5.41 Å². The van der Waals surface area contributed by atoms with Crippen molar-refractivity contribution in [3.05, 3.63) is 0 Å². The van der Waals surface area contributed by atoms with Gasteiger partial charge in [-0.05, 0) is 73.8 Å². The minimum atomic E-state index is 0.492. The van der Waals surface area contributed by atoms with Gasteiger partial charge in [-0.2, -0.15) is 0 Å². The van der Waals surface area contributed by atoms with E-state index in [4.69, 9.17) is 0 Å². The molecule has 1 rings (SSSR count). The van der Waals surface area contributed by atoms with Crippen LogP contribution in [-0.4, -0.2) is 13.1 Å². The van der Waals surface area contributed by atoms with E-state index in [1.54, 1.807) is 0 Å². The molecular weight excluding hydrogens is 254 g/mol. The molecule has 1 aliphatic rings. The lowest BCUT2D eigenvalue weighted by atomic mass is 9.64. The number of hydrogen-bond donors (Lipinski definition) is 1. The van der Waals surface area contributed by atoms with Gasteiger partial charge in [0.05, 0.1) is 0 Å². The second kappa shape index (κ2) is 8.56. The van der Waals surface area contributed by atoms with Crippen LogP contribution in [0.3, 0.4) is 0 Å². The maximum atomic E-state index is 3.73. The fourth-order valence-corrected chi connectivity index (χ4v) is 3.84. The summed E-state index contributed by atoms with van der Waals surface area (Å²) in [7, 11) is 0. The molecule has 0 amide bonds. The predicted octanol–water partition coefficient (Wildman–Crippen LogP) is 5.75. The molecule has 0 aromatic carbocycles. The van der Waals surface area contributed by atoms with Gasteiger partial charge in [-0.1, -0.05) is 54.9 Å². The SMILES string of the molecule is CC(C)CCC1CC(C(C)(C)C)CCC1CNCC(C)C. The van der Waals surface area contributed by atoms with E-state index in [1.807, 2.05) is 0 Å². The van der Waals surface area contributed by atoms with Gasteiger partial charge in [-0.15, -0.1) is 0 Å². The van der Waals surface area contributed by atoms with Gasteiger partial charge in [0.2, 0.25) is 0 Å². The van der Waals surface area contributed by atoms with Crippen LogP contribution in [0.5, 0.6) is 0 Å². The van der Waals surface area contributed by atoms with E-state index in [1.165, 1.54) is 45.2 Å². The summed E-state index contributed by atoms with van der Waals surface area (Å²) in [6.07, 6.45) is 7.19. The van der Waals surface area contributed by atoms with Crippen LogP contribution in [0.15, 0.2) is 0 Å². The average Bonchev–Trinajstić information content (AvgIpc) is 2.35. The first-order valence-electron chi connectivity index (χ1n) is 9.40. The molecule has 0 aliphatic heterocycles. The average molecular weight is 296 g/mol. The van der Waals surface area contributed by atoms with Crippen LogP contribution in [0.1, 0.15) is 80.6 Å². The van der Waals surface area contributed by atoms with Crippen molar-refractivity contribution < 1.29 is 0 Å². The molecule has 21 heavy (non-hydrogen) atoms. The molecule has 0 saturated heterocycles. The van der Waals surface area contributed by atoms with Crippen molar-refractivity contribution in [3.8, 4) is 0 Å². The summed E-state index contributed by atoms with van der Waals surface area (Å²) in [5.41, 5.74) is 0.492. The zero-order valence-electron chi connectivity index (χ0n) is 15.8. The standard InChI is InChI=1S/C20H41N/c1-15(2)8-9-17-12-19(20(5,6)7)11-10-18(17)14-21-13-16(3)4/h15-19,21H,8-14H2,1-7H3. The van der Waals surface area contributed by atoms with Crippen LogP contribution in [0.25, 0.3) is 0 Å². The molecule has 3 unspecified atom stereocenters. The van der Waals surface area contributed by atoms with Crippen molar-refractivity contribution in [1.29, 1.82) is 0 Å². The van der Waals surface area contributed by atoms with Gasteiger partial charge in [0.15, 0.2) is 0 Å². The zero-order chi connectivity index (χ0) is 16.0. The molecule has 1 heteroatoms. The third-order valence-electron chi connectivity index (χ3n) is 5.44. The number of hydrogen-bond acceptors (Lipinski definition) is 1. The van der Waals surface area contributed by atoms with E-state index in [-0.39, 0.29) is 0 Å². The molecule has 1 N–H and O–H groups in total. The summed E-state index contributed by atoms with van der Waals surface area (Å²) in [4.78, 5) is 0. The predicted molar refractivity (Wildman–Crippen MR) is 95.6 cm³/mol. The maximum Gasteiger partial charge on any atom is -0.00178 e. The fraction of sp³-hybridized carbons (Fsp3) is 1.00. The van der Waals surface area contributed by atoms with E-state index in [9.17, 15) is 0 Å². The van der Waals surface area contributed by atoms with E-state index >= 15 is 0 Å². The lowest BCUT2D eigenvalue weighted by Crippen LogP contribution is -2.37. The first kappa shape index (κ1) is 19.0. The lowest BCUT2D eigenvalue weighted by molar-refractivity contribution is 0.0891. The second-order valence-corrected chi connectivity index (χ2v) is 9.42. The van der Waals surface area contributed by atoms with Gasteiger partial charge in [-0.3, -0.25) is 0 Å². The van der Waals surface area contributed by atoms with E-state index in [2.05, 4.69) is 53.8 Å². The summed E-state index contributed by atoms with van der Waals surface area (Å²) in [6.45, 7) is 19.1. The van der Waals surface area contributed by atoms with Crippen molar-refractivity contribution in [1.82, 2.24) is 5.32 Å². The van der Waals surface area contributed by atoms with Crippen LogP contribution >= 0.6 is 0 Å². The highest BCUT2D eigenvalue weighted by atomic mass is 14.9. The Morgan fingerprint density at radius 3 is 2.14 bits per heavy atom. The summed E-state index contributed by atoms with van der Waals surface area (Å²) in [5, 5.41) is 3.73. The van der Waals surface area contributed by atoms with Gasteiger partial charge in [0.25, 0.3) is 0 Å². The summed E-state index contributed by atoms with van der Waals surface area (Å²) in [5.74, 6) is 4.41. The number of rotatable bonds is 7. The molecule has 0 aromatic heterocycles. The molecular formula is C20H41N. The Balaban J connectivity index is 2.55. The Morgan fingerprint density at radius 2 is 1.62 bits per heavy atom. The monoisotopic (exact) mass is 295 g/mol. The van der Waals surface area contributed by atoms with Gasteiger partial charge in [-0.25, -0.2) is 0 Å². The molecule has 0 bridgehead atoms. The minimum Gasteiger partial charge on any atom is -0.316 e. The van der Waals surface area contributed by atoms with E-state index < -0.39 is 0 Å². The van der Waals surface area contributed by atoms with Crippen LogP contribution in [0, 0.1) is 35.0 Å². The van der Waals surface area contributed by atoms with E-state index in [0.717, 1.165) is 29.6 Å². The molecule has 0 radical (unpaired) electrons. The molecule has 0 heterocycles. The Kier molecular flexibility index (Phi) is 7.74. The van der Waals surface area contributed by atoms with Crippen LogP contribution in [0.4, 0.5) is 0 Å². The minimum absolute atomic E-state index is 0.492. The fourth-order valence-electron chi connectivity index (χ4n) is 3.84. The first-order valence-corrected chi connectivity index (χ1v) is 9.40. The summed E-state index contributed by atoms with van der Waals surface area (Å²) in [6, 6.07) is 0. The quantitative estimate of drug-likeness (QED) is 0.631. The van der Waals surface area contributed by atoms with Crippen LogP contribution in [-0.2, 0) is 0 Å². The van der Waals surface area contributed by atoms with Gasteiger partial charge < -0.3 is 5.32 Å². The molecule has 0 spiro atoms. The Morgan fingerprint density at radius 1 is 0.952 bits per heavy atom. The maximum absolute atomic E-state index is 3.73. The summed E-state index contributed by atoms with van der Waals surface area (Å²) < 4.78 is 0. The molecule has 1 nitrogen and oxygen atoms in total. The van der Waals surface area contributed by atoms with Gasteiger partial charge in [0, 0.05) is 0 Å². The van der Waals surface area contributed by atoms with Crippen LogP contribution in [0.2, 0.25) is 0 Å². The molecule has 3 atom stereocenters. The lowest BCUT2D eigenvalue weighted by Gasteiger charge is -2.42. The van der Waals surface area contributed by atoms with Gasteiger partial charge in [0.1, 0.15) is 0 Å². The van der Waals surface area contributed by atoms with Crippen LogP contribution < -0.4 is 5.32 Å².